The highest BCUT2D eigenvalue weighted by molar-refractivity contribution is 5.79. The van der Waals surface area contributed by atoms with E-state index in [0.717, 1.165) is 18.0 Å². The topological polar surface area (TPSA) is 54.7 Å². The van der Waals surface area contributed by atoms with Crippen LogP contribution in [-0.4, -0.2) is 16.5 Å². The summed E-state index contributed by atoms with van der Waals surface area (Å²) in [6.07, 6.45) is 4.94. The number of aromatic amines is 1. The summed E-state index contributed by atoms with van der Waals surface area (Å²) in [7, 11) is 0. The highest BCUT2D eigenvalue weighted by Gasteiger charge is 2.24. The molecule has 0 bridgehead atoms. The number of rotatable bonds is 2. The van der Waals surface area contributed by atoms with Crippen LogP contribution in [0, 0.1) is 19.8 Å². The normalized spacial score (nSPS) is 23.9. The Morgan fingerprint density at radius 3 is 2.63 bits per heavy atom. The Morgan fingerprint density at radius 1 is 1.21 bits per heavy atom. The zero-order valence-electron chi connectivity index (χ0n) is 11.9. The SMILES string of the molecule is Cc1ccc2[nH]c(C3CCC(CN)CC3)nc2c1C. The molecule has 1 fully saturated rings. The zero-order chi connectivity index (χ0) is 13.4. The first-order chi connectivity index (χ1) is 9.19. The number of benzene rings is 1. The second-order valence-corrected chi connectivity index (χ2v) is 5.98. The van der Waals surface area contributed by atoms with Gasteiger partial charge in [0, 0.05) is 5.92 Å². The summed E-state index contributed by atoms with van der Waals surface area (Å²) in [5, 5.41) is 0. The van der Waals surface area contributed by atoms with Gasteiger partial charge in [-0.15, -0.1) is 0 Å². The standard InChI is InChI=1S/C16H23N3/c1-10-3-8-14-15(11(10)2)19-16(18-14)13-6-4-12(9-17)5-7-13/h3,8,12-13H,4-7,9,17H2,1-2H3,(H,18,19). The van der Waals surface area contributed by atoms with Gasteiger partial charge >= 0.3 is 0 Å². The maximum absolute atomic E-state index is 5.76. The zero-order valence-corrected chi connectivity index (χ0v) is 11.9. The van der Waals surface area contributed by atoms with E-state index in [1.165, 1.54) is 48.2 Å². The fraction of sp³-hybridized carbons (Fsp3) is 0.562. The molecule has 3 N–H and O–H groups in total. The van der Waals surface area contributed by atoms with Crippen molar-refractivity contribution >= 4 is 11.0 Å². The predicted molar refractivity (Wildman–Crippen MR) is 79.3 cm³/mol. The molecule has 3 heteroatoms. The fourth-order valence-electron chi connectivity index (χ4n) is 3.20. The van der Waals surface area contributed by atoms with E-state index in [9.17, 15) is 0 Å². The average molecular weight is 257 g/mol. The van der Waals surface area contributed by atoms with Crippen LogP contribution in [0.3, 0.4) is 0 Å². The van der Waals surface area contributed by atoms with Gasteiger partial charge in [-0.2, -0.15) is 0 Å². The number of hydrogen-bond acceptors (Lipinski definition) is 2. The van der Waals surface area contributed by atoms with Gasteiger partial charge < -0.3 is 10.7 Å². The molecule has 0 saturated heterocycles. The Labute approximate surface area is 114 Å². The van der Waals surface area contributed by atoms with E-state index in [1.54, 1.807) is 0 Å². The van der Waals surface area contributed by atoms with Gasteiger partial charge in [0.05, 0.1) is 11.0 Å². The summed E-state index contributed by atoms with van der Waals surface area (Å²) < 4.78 is 0. The van der Waals surface area contributed by atoms with Crippen LogP contribution in [0.15, 0.2) is 12.1 Å². The summed E-state index contributed by atoms with van der Waals surface area (Å²) in [5.74, 6) is 2.50. The third-order valence-corrected chi connectivity index (χ3v) is 4.76. The van der Waals surface area contributed by atoms with Crippen molar-refractivity contribution in [1.29, 1.82) is 0 Å². The second-order valence-electron chi connectivity index (χ2n) is 5.98. The van der Waals surface area contributed by atoms with E-state index in [0.29, 0.717) is 5.92 Å². The van der Waals surface area contributed by atoms with Crippen molar-refractivity contribution in [3.63, 3.8) is 0 Å². The highest BCUT2D eigenvalue weighted by Crippen LogP contribution is 2.35. The Kier molecular flexibility index (Phi) is 3.31. The van der Waals surface area contributed by atoms with E-state index in [-0.39, 0.29) is 0 Å². The predicted octanol–water partition coefficient (Wildman–Crippen LogP) is 3.41. The van der Waals surface area contributed by atoms with Crippen LogP contribution < -0.4 is 5.73 Å². The third-order valence-electron chi connectivity index (χ3n) is 4.76. The van der Waals surface area contributed by atoms with Crippen molar-refractivity contribution in [1.82, 2.24) is 9.97 Å². The van der Waals surface area contributed by atoms with Crippen molar-refractivity contribution in [3.8, 4) is 0 Å². The van der Waals surface area contributed by atoms with Crippen molar-refractivity contribution in [2.24, 2.45) is 11.7 Å². The van der Waals surface area contributed by atoms with Gasteiger partial charge in [0.1, 0.15) is 5.82 Å². The molecule has 1 heterocycles. The molecule has 0 spiro atoms. The number of imidazole rings is 1. The molecule has 3 nitrogen and oxygen atoms in total. The van der Waals surface area contributed by atoms with E-state index >= 15 is 0 Å². The maximum Gasteiger partial charge on any atom is 0.110 e. The molecule has 0 atom stereocenters. The second kappa shape index (κ2) is 4.97. The molecule has 1 saturated carbocycles. The van der Waals surface area contributed by atoms with Crippen LogP contribution in [0.4, 0.5) is 0 Å². The van der Waals surface area contributed by atoms with Crippen LogP contribution in [0.2, 0.25) is 0 Å². The van der Waals surface area contributed by atoms with E-state index in [2.05, 4.69) is 31.0 Å². The average Bonchev–Trinajstić information content (AvgIpc) is 2.88. The molecule has 3 rings (SSSR count). The third kappa shape index (κ3) is 2.27. The highest BCUT2D eigenvalue weighted by atomic mass is 14.9. The van der Waals surface area contributed by atoms with Crippen molar-refractivity contribution in [2.75, 3.05) is 6.54 Å². The van der Waals surface area contributed by atoms with Gasteiger partial charge in [-0.3, -0.25) is 0 Å². The van der Waals surface area contributed by atoms with Crippen LogP contribution in [0.5, 0.6) is 0 Å². The van der Waals surface area contributed by atoms with Crippen molar-refractivity contribution in [2.45, 2.75) is 45.4 Å². The number of nitrogens with zero attached hydrogens (tertiary/aromatic N) is 1. The minimum Gasteiger partial charge on any atom is -0.342 e. The number of nitrogens with one attached hydrogen (secondary N) is 1. The smallest absolute Gasteiger partial charge is 0.110 e. The molecule has 2 aromatic rings. The summed E-state index contributed by atoms with van der Waals surface area (Å²) in [4.78, 5) is 8.38. The van der Waals surface area contributed by atoms with Gasteiger partial charge in [0.15, 0.2) is 0 Å². The molecule has 102 valence electrons. The molecular weight excluding hydrogens is 234 g/mol. The summed E-state index contributed by atoms with van der Waals surface area (Å²) >= 11 is 0. The molecule has 1 aliphatic carbocycles. The largest absolute Gasteiger partial charge is 0.342 e. The number of hydrogen-bond donors (Lipinski definition) is 2. The lowest BCUT2D eigenvalue weighted by atomic mass is 9.82. The van der Waals surface area contributed by atoms with Crippen LogP contribution in [0.25, 0.3) is 11.0 Å². The first-order valence-corrected chi connectivity index (χ1v) is 7.35. The molecule has 0 unspecified atom stereocenters. The molecule has 0 aliphatic heterocycles. The van der Waals surface area contributed by atoms with Crippen molar-refractivity contribution < 1.29 is 0 Å². The molecular formula is C16H23N3. The van der Waals surface area contributed by atoms with Crippen LogP contribution in [-0.2, 0) is 0 Å². The molecule has 1 aromatic heterocycles. The number of fused-ring (bicyclic) bond motifs is 1. The van der Waals surface area contributed by atoms with Crippen molar-refractivity contribution in [3.05, 3.63) is 29.1 Å². The Balaban J connectivity index is 1.88. The summed E-state index contributed by atoms with van der Waals surface area (Å²) in [6, 6.07) is 4.32. The van der Waals surface area contributed by atoms with Gasteiger partial charge in [-0.05, 0) is 69.2 Å². The Morgan fingerprint density at radius 2 is 1.95 bits per heavy atom. The van der Waals surface area contributed by atoms with E-state index in [1.807, 2.05) is 0 Å². The first-order valence-electron chi connectivity index (χ1n) is 7.35. The minimum absolute atomic E-state index is 0.593. The Bertz CT molecular complexity index is 577. The number of H-pyrrole nitrogens is 1. The van der Waals surface area contributed by atoms with Crippen LogP contribution >= 0.6 is 0 Å². The van der Waals surface area contributed by atoms with Gasteiger partial charge in [-0.1, -0.05) is 6.07 Å². The van der Waals surface area contributed by atoms with Gasteiger partial charge in [0.25, 0.3) is 0 Å². The number of nitrogens with two attached hydrogens (primary N) is 1. The summed E-state index contributed by atoms with van der Waals surface area (Å²) in [5.41, 5.74) is 10.7. The lowest BCUT2D eigenvalue weighted by Gasteiger charge is -2.26. The number of aromatic nitrogens is 2. The Hall–Kier alpha value is -1.35. The van der Waals surface area contributed by atoms with Gasteiger partial charge in [-0.25, -0.2) is 4.98 Å². The molecule has 0 amide bonds. The number of aryl methyl sites for hydroxylation is 2. The summed E-state index contributed by atoms with van der Waals surface area (Å²) in [6.45, 7) is 5.15. The molecule has 0 radical (unpaired) electrons. The molecule has 1 aromatic carbocycles. The monoisotopic (exact) mass is 257 g/mol. The quantitative estimate of drug-likeness (QED) is 0.866. The van der Waals surface area contributed by atoms with Crippen LogP contribution in [0.1, 0.15) is 48.6 Å². The maximum atomic E-state index is 5.76. The first kappa shape index (κ1) is 12.7. The minimum atomic E-state index is 0.593. The molecule has 1 aliphatic rings. The lowest BCUT2D eigenvalue weighted by Crippen LogP contribution is -2.21. The molecule has 19 heavy (non-hydrogen) atoms. The van der Waals surface area contributed by atoms with Gasteiger partial charge in [0.2, 0.25) is 0 Å². The van der Waals surface area contributed by atoms with E-state index < -0.39 is 0 Å². The fourth-order valence-corrected chi connectivity index (χ4v) is 3.20. The van der Waals surface area contributed by atoms with E-state index in [4.69, 9.17) is 10.7 Å². The lowest BCUT2D eigenvalue weighted by molar-refractivity contribution is 0.326.